The molecule has 0 atom stereocenters. The van der Waals surface area contributed by atoms with Gasteiger partial charge in [-0.1, -0.05) is 12.1 Å². The second-order valence-corrected chi connectivity index (χ2v) is 7.80. The van der Waals surface area contributed by atoms with Gasteiger partial charge in [0.05, 0.1) is 4.91 Å². The van der Waals surface area contributed by atoms with Crippen molar-refractivity contribution < 1.29 is 23.9 Å². The van der Waals surface area contributed by atoms with E-state index in [2.05, 4.69) is 5.32 Å². The van der Waals surface area contributed by atoms with Crippen molar-refractivity contribution in [2.75, 3.05) is 18.7 Å². The highest BCUT2D eigenvalue weighted by molar-refractivity contribution is 8.18. The number of rotatable bonds is 4. The lowest BCUT2D eigenvalue weighted by Crippen LogP contribution is -2.36. The molecular formula is C21H18N2O5S. The Bertz CT molecular complexity index is 1040. The van der Waals surface area contributed by atoms with Gasteiger partial charge in [-0.3, -0.25) is 19.3 Å². The maximum atomic E-state index is 12.6. The maximum absolute atomic E-state index is 12.6. The first-order chi connectivity index (χ1) is 13.9. The van der Waals surface area contributed by atoms with Crippen molar-refractivity contribution in [2.45, 2.75) is 13.8 Å². The van der Waals surface area contributed by atoms with Crippen molar-refractivity contribution >= 4 is 40.6 Å². The lowest BCUT2D eigenvalue weighted by Gasteiger charge is -2.13. The molecule has 0 bridgehead atoms. The average molecular weight is 410 g/mol. The van der Waals surface area contributed by atoms with Crippen molar-refractivity contribution in [1.82, 2.24) is 4.90 Å². The number of imide groups is 1. The van der Waals surface area contributed by atoms with E-state index >= 15 is 0 Å². The number of fused-ring (bicyclic) bond motifs is 1. The Morgan fingerprint density at radius 3 is 2.59 bits per heavy atom. The SMILES string of the molecule is Cc1cc(C)cc(NC(=O)CN2C(=O)S/C(=C/c3ccc4c(c3)OCO4)C2=O)c1. The zero-order valence-electron chi connectivity index (χ0n) is 15.9. The summed E-state index contributed by atoms with van der Waals surface area (Å²) < 4.78 is 10.6. The largest absolute Gasteiger partial charge is 0.454 e. The van der Waals surface area contributed by atoms with Crippen LogP contribution >= 0.6 is 11.8 Å². The van der Waals surface area contributed by atoms with Crippen LogP contribution in [0.2, 0.25) is 0 Å². The Morgan fingerprint density at radius 1 is 1.10 bits per heavy atom. The molecule has 2 heterocycles. The Kier molecular flexibility index (Phi) is 5.02. The number of amides is 3. The molecule has 0 saturated carbocycles. The van der Waals surface area contributed by atoms with Crippen LogP contribution in [-0.4, -0.2) is 35.3 Å². The van der Waals surface area contributed by atoms with Gasteiger partial charge in [-0.2, -0.15) is 0 Å². The molecule has 0 unspecified atom stereocenters. The number of carbonyl (C=O) groups excluding carboxylic acids is 3. The van der Waals surface area contributed by atoms with Gasteiger partial charge >= 0.3 is 0 Å². The van der Waals surface area contributed by atoms with Crippen LogP contribution in [0.25, 0.3) is 6.08 Å². The highest BCUT2D eigenvalue weighted by Gasteiger charge is 2.36. The molecule has 0 spiro atoms. The van der Waals surface area contributed by atoms with Crippen LogP contribution in [0.15, 0.2) is 41.3 Å². The predicted octanol–water partition coefficient (Wildman–Crippen LogP) is 3.71. The molecule has 0 aromatic heterocycles. The molecule has 4 rings (SSSR count). The molecule has 2 aromatic carbocycles. The van der Waals surface area contributed by atoms with E-state index in [4.69, 9.17) is 9.47 Å². The van der Waals surface area contributed by atoms with Gasteiger partial charge in [-0.25, -0.2) is 0 Å². The fourth-order valence-electron chi connectivity index (χ4n) is 3.18. The lowest BCUT2D eigenvalue weighted by atomic mass is 10.1. The lowest BCUT2D eigenvalue weighted by molar-refractivity contribution is -0.127. The van der Waals surface area contributed by atoms with Crippen LogP contribution in [0.1, 0.15) is 16.7 Å². The summed E-state index contributed by atoms with van der Waals surface area (Å²) in [6, 6.07) is 10.9. The first kappa shape index (κ1) is 19.1. The Hall–Kier alpha value is -3.26. The maximum Gasteiger partial charge on any atom is 0.294 e. The topological polar surface area (TPSA) is 84.9 Å². The molecule has 2 aromatic rings. The Morgan fingerprint density at radius 2 is 1.83 bits per heavy atom. The predicted molar refractivity (Wildman–Crippen MR) is 110 cm³/mol. The number of hydrogen-bond acceptors (Lipinski definition) is 6. The molecule has 148 valence electrons. The first-order valence-electron chi connectivity index (χ1n) is 8.92. The van der Waals surface area contributed by atoms with Crippen molar-refractivity contribution in [2.24, 2.45) is 0 Å². The van der Waals surface area contributed by atoms with Gasteiger partial charge in [-0.15, -0.1) is 0 Å². The van der Waals surface area contributed by atoms with Gasteiger partial charge in [0.2, 0.25) is 12.7 Å². The molecule has 1 saturated heterocycles. The van der Waals surface area contributed by atoms with Crippen molar-refractivity contribution in [1.29, 1.82) is 0 Å². The molecule has 1 N–H and O–H groups in total. The number of ether oxygens (including phenoxy) is 2. The fourth-order valence-corrected chi connectivity index (χ4v) is 4.02. The third kappa shape index (κ3) is 4.12. The minimum atomic E-state index is -0.492. The average Bonchev–Trinajstić information content (AvgIpc) is 3.20. The van der Waals surface area contributed by atoms with E-state index in [1.54, 1.807) is 24.3 Å². The summed E-state index contributed by atoms with van der Waals surface area (Å²) in [5, 5.41) is 2.27. The van der Waals surface area contributed by atoms with Crippen LogP contribution in [-0.2, 0) is 9.59 Å². The summed E-state index contributed by atoms with van der Waals surface area (Å²) in [7, 11) is 0. The van der Waals surface area contributed by atoms with Gasteiger partial charge in [0, 0.05) is 5.69 Å². The Balaban J connectivity index is 1.46. The van der Waals surface area contributed by atoms with Gasteiger partial charge in [0.25, 0.3) is 11.1 Å². The molecule has 0 aliphatic carbocycles. The summed E-state index contributed by atoms with van der Waals surface area (Å²) in [5.41, 5.74) is 3.37. The third-order valence-corrected chi connectivity index (χ3v) is 5.28. The van der Waals surface area contributed by atoms with Gasteiger partial charge in [0.1, 0.15) is 6.54 Å². The number of aryl methyl sites for hydroxylation is 2. The minimum absolute atomic E-state index is 0.158. The molecule has 29 heavy (non-hydrogen) atoms. The standard InChI is InChI=1S/C21H18N2O5S/c1-12-5-13(2)7-15(6-12)22-19(24)10-23-20(25)18(29-21(23)26)9-14-3-4-16-17(8-14)28-11-27-16/h3-9H,10-11H2,1-2H3,(H,22,24)/b18-9+. The van der Waals surface area contributed by atoms with Crippen LogP contribution in [0.4, 0.5) is 10.5 Å². The number of nitrogens with zero attached hydrogens (tertiary/aromatic N) is 1. The highest BCUT2D eigenvalue weighted by Crippen LogP contribution is 2.36. The number of carbonyl (C=O) groups is 3. The third-order valence-electron chi connectivity index (χ3n) is 4.38. The quantitative estimate of drug-likeness (QED) is 0.774. The number of anilines is 1. The number of benzene rings is 2. The van der Waals surface area contributed by atoms with E-state index in [9.17, 15) is 14.4 Å². The highest BCUT2D eigenvalue weighted by atomic mass is 32.2. The van der Waals surface area contributed by atoms with E-state index in [0.717, 1.165) is 27.8 Å². The van der Waals surface area contributed by atoms with Crippen LogP contribution in [0.3, 0.4) is 0 Å². The van der Waals surface area contributed by atoms with Crippen LogP contribution in [0.5, 0.6) is 11.5 Å². The summed E-state index contributed by atoms with van der Waals surface area (Å²) in [5.74, 6) is 0.305. The van der Waals surface area contributed by atoms with Crippen LogP contribution < -0.4 is 14.8 Å². The monoisotopic (exact) mass is 410 g/mol. The summed E-state index contributed by atoms with van der Waals surface area (Å²) in [4.78, 5) is 38.5. The van der Waals surface area contributed by atoms with Crippen molar-refractivity contribution in [3.8, 4) is 11.5 Å². The molecular weight excluding hydrogens is 392 g/mol. The van der Waals surface area contributed by atoms with Gasteiger partial charge in [0.15, 0.2) is 11.5 Å². The fraction of sp³-hybridized carbons (Fsp3) is 0.190. The smallest absolute Gasteiger partial charge is 0.294 e. The molecule has 0 radical (unpaired) electrons. The van der Waals surface area contributed by atoms with Crippen molar-refractivity contribution in [3.63, 3.8) is 0 Å². The number of thioether (sulfide) groups is 1. The molecule has 8 heteroatoms. The summed E-state index contributed by atoms with van der Waals surface area (Å²) in [6.45, 7) is 3.68. The zero-order valence-corrected chi connectivity index (χ0v) is 16.7. The van der Waals surface area contributed by atoms with Gasteiger partial charge in [-0.05, 0) is 72.6 Å². The summed E-state index contributed by atoms with van der Waals surface area (Å²) in [6.07, 6.45) is 1.61. The van der Waals surface area contributed by atoms with E-state index in [1.807, 2.05) is 32.0 Å². The second-order valence-electron chi connectivity index (χ2n) is 6.81. The molecule has 2 aliphatic heterocycles. The van der Waals surface area contributed by atoms with Crippen LogP contribution in [0, 0.1) is 13.8 Å². The minimum Gasteiger partial charge on any atom is -0.454 e. The molecule has 1 fully saturated rings. The molecule has 3 amide bonds. The number of nitrogens with one attached hydrogen (secondary N) is 1. The van der Waals surface area contributed by atoms with E-state index in [1.165, 1.54) is 0 Å². The van der Waals surface area contributed by atoms with Crippen molar-refractivity contribution in [3.05, 3.63) is 58.0 Å². The van der Waals surface area contributed by atoms with E-state index < -0.39 is 17.1 Å². The van der Waals surface area contributed by atoms with Gasteiger partial charge < -0.3 is 14.8 Å². The Labute approximate surface area is 171 Å². The van der Waals surface area contributed by atoms with E-state index in [0.29, 0.717) is 22.7 Å². The van der Waals surface area contributed by atoms with E-state index in [-0.39, 0.29) is 18.2 Å². The zero-order chi connectivity index (χ0) is 20.5. The second kappa shape index (κ2) is 7.63. The number of hydrogen-bond donors (Lipinski definition) is 1. The molecule has 2 aliphatic rings. The summed E-state index contributed by atoms with van der Waals surface area (Å²) >= 11 is 0.810. The molecule has 7 nitrogen and oxygen atoms in total. The normalized spacial score (nSPS) is 16.6. The first-order valence-corrected chi connectivity index (χ1v) is 9.74.